The third kappa shape index (κ3) is 3.78. The lowest BCUT2D eigenvalue weighted by molar-refractivity contribution is -0.124. The number of amides is 2. The quantitative estimate of drug-likeness (QED) is 0.769. The van der Waals surface area contributed by atoms with Crippen LogP contribution in [0.1, 0.15) is 33.4 Å². The molecule has 1 heterocycles. The van der Waals surface area contributed by atoms with Crippen molar-refractivity contribution in [2.45, 2.75) is 12.0 Å². The number of nitrogens with one attached hydrogen (secondary N) is 1. The monoisotopic (exact) mass is 364 g/mol. The Morgan fingerprint density at radius 3 is 2.59 bits per heavy atom. The zero-order valence-corrected chi connectivity index (χ0v) is 15.4. The van der Waals surface area contributed by atoms with E-state index in [1.54, 1.807) is 24.2 Å². The van der Waals surface area contributed by atoms with Gasteiger partial charge in [0.05, 0.1) is 18.6 Å². The van der Waals surface area contributed by atoms with Crippen LogP contribution >= 0.6 is 0 Å². The zero-order valence-electron chi connectivity index (χ0n) is 15.4. The Balaban J connectivity index is 2.13. The lowest BCUT2D eigenvalue weighted by Gasteiger charge is -2.41. The van der Waals surface area contributed by atoms with Crippen LogP contribution in [-0.4, -0.2) is 43.5 Å². The first-order chi connectivity index (χ1) is 13.2. The van der Waals surface area contributed by atoms with E-state index in [2.05, 4.69) is 11.9 Å². The maximum Gasteiger partial charge on any atom is 0.254 e. The van der Waals surface area contributed by atoms with Gasteiger partial charge in [-0.15, -0.1) is 6.58 Å². The van der Waals surface area contributed by atoms with Gasteiger partial charge in [0.2, 0.25) is 5.91 Å². The number of carbonyl (C=O) groups is 2. The average molecular weight is 364 g/mol. The molecule has 2 atom stereocenters. The molecule has 2 aromatic carbocycles. The second-order valence-electron chi connectivity index (χ2n) is 6.45. The van der Waals surface area contributed by atoms with E-state index in [1.807, 2.05) is 48.5 Å². The lowest BCUT2D eigenvalue weighted by atomic mass is 9.79. The number of ether oxygens (including phenoxy) is 1. The summed E-state index contributed by atoms with van der Waals surface area (Å²) < 4.78 is 5.22. The fourth-order valence-electron chi connectivity index (χ4n) is 3.61. The average Bonchev–Trinajstić information content (AvgIpc) is 2.71. The smallest absolute Gasteiger partial charge is 0.254 e. The van der Waals surface area contributed by atoms with Crippen molar-refractivity contribution in [3.8, 4) is 0 Å². The molecule has 140 valence electrons. The number of rotatable bonds is 7. The maximum atomic E-state index is 13.2. The molecular formula is C22H24N2O3. The summed E-state index contributed by atoms with van der Waals surface area (Å²) in [6.45, 7) is 4.86. The number of hydrogen-bond donors (Lipinski definition) is 1. The van der Waals surface area contributed by atoms with Crippen molar-refractivity contribution in [3.05, 3.63) is 83.9 Å². The van der Waals surface area contributed by atoms with Crippen molar-refractivity contribution < 1.29 is 14.3 Å². The predicted octanol–water partition coefficient (Wildman–Crippen LogP) is 2.92. The van der Waals surface area contributed by atoms with Gasteiger partial charge >= 0.3 is 0 Å². The van der Waals surface area contributed by atoms with E-state index in [4.69, 9.17) is 4.74 Å². The molecule has 1 aliphatic heterocycles. The summed E-state index contributed by atoms with van der Waals surface area (Å²) in [5.74, 6) is -0.700. The Kier molecular flexibility index (Phi) is 6.04. The fraction of sp³-hybridized carbons (Fsp3) is 0.273. The highest BCUT2D eigenvalue weighted by Gasteiger charge is 2.43. The molecule has 1 aliphatic rings. The number of methoxy groups -OCH3 is 1. The molecule has 27 heavy (non-hydrogen) atoms. The normalized spacial score (nSPS) is 18.7. The van der Waals surface area contributed by atoms with Crippen LogP contribution < -0.4 is 5.32 Å². The zero-order chi connectivity index (χ0) is 19.2. The Morgan fingerprint density at radius 2 is 1.89 bits per heavy atom. The van der Waals surface area contributed by atoms with Gasteiger partial charge in [-0.25, -0.2) is 0 Å². The van der Waals surface area contributed by atoms with Crippen LogP contribution in [-0.2, 0) is 9.53 Å². The van der Waals surface area contributed by atoms with Crippen molar-refractivity contribution >= 4 is 11.8 Å². The number of hydrogen-bond acceptors (Lipinski definition) is 3. The summed E-state index contributed by atoms with van der Waals surface area (Å²) >= 11 is 0. The molecule has 0 aliphatic carbocycles. The second-order valence-corrected chi connectivity index (χ2v) is 6.45. The molecular weight excluding hydrogens is 340 g/mol. The molecule has 1 N–H and O–H groups in total. The molecule has 0 saturated heterocycles. The van der Waals surface area contributed by atoms with Gasteiger partial charge in [-0.1, -0.05) is 54.6 Å². The highest BCUT2D eigenvalue weighted by atomic mass is 16.5. The first kappa shape index (κ1) is 18.9. The summed E-state index contributed by atoms with van der Waals surface area (Å²) in [5, 5.41) is 2.91. The van der Waals surface area contributed by atoms with Crippen LogP contribution in [0.4, 0.5) is 0 Å². The molecule has 5 heteroatoms. The van der Waals surface area contributed by atoms with Crippen LogP contribution in [0.25, 0.3) is 0 Å². The second kappa shape index (κ2) is 8.64. The molecule has 3 rings (SSSR count). The van der Waals surface area contributed by atoms with E-state index in [-0.39, 0.29) is 11.8 Å². The number of nitrogens with zero attached hydrogens (tertiary/aromatic N) is 1. The van der Waals surface area contributed by atoms with Crippen LogP contribution in [0, 0.1) is 0 Å². The molecule has 0 bridgehead atoms. The molecule has 2 amide bonds. The van der Waals surface area contributed by atoms with E-state index in [1.165, 1.54) is 0 Å². The van der Waals surface area contributed by atoms with Gasteiger partial charge in [-0.3, -0.25) is 9.59 Å². The van der Waals surface area contributed by atoms with Crippen LogP contribution in [0.5, 0.6) is 0 Å². The molecule has 0 fully saturated rings. The summed E-state index contributed by atoms with van der Waals surface area (Å²) in [7, 11) is 1.61. The van der Waals surface area contributed by atoms with E-state index in [9.17, 15) is 9.59 Å². The standard InChI is InChI=1S/C22H24N2O3/c1-3-13-23-21(25)19-17-11-7-8-12-18(17)22(26)24(14-15-27-2)20(19)16-9-5-4-6-10-16/h3-12,19-20H,1,13-15H2,2H3,(H,23,25)/t19-,20-/m0/s1. The Hall–Kier alpha value is -2.92. The highest BCUT2D eigenvalue weighted by Crippen LogP contribution is 2.42. The van der Waals surface area contributed by atoms with E-state index >= 15 is 0 Å². The summed E-state index contributed by atoms with van der Waals surface area (Å²) in [6.07, 6.45) is 1.65. The fourth-order valence-corrected chi connectivity index (χ4v) is 3.61. The van der Waals surface area contributed by atoms with E-state index in [0.29, 0.717) is 25.3 Å². The van der Waals surface area contributed by atoms with Crippen molar-refractivity contribution in [3.63, 3.8) is 0 Å². The minimum Gasteiger partial charge on any atom is -0.383 e. The maximum absolute atomic E-state index is 13.2. The largest absolute Gasteiger partial charge is 0.383 e. The van der Waals surface area contributed by atoms with Gasteiger partial charge in [0.1, 0.15) is 0 Å². The Labute approximate surface area is 159 Å². The van der Waals surface area contributed by atoms with Crippen LogP contribution in [0.2, 0.25) is 0 Å². The molecule has 0 spiro atoms. The summed E-state index contributed by atoms with van der Waals surface area (Å²) in [5.41, 5.74) is 2.25. The van der Waals surface area contributed by atoms with Crippen molar-refractivity contribution in [2.24, 2.45) is 0 Å². The molecule has 5 nitrogen and oxygen atoms in total. The van der Waals surface area contributed by atoms with Crippen LogP contribution in [0.15, 0.2) is 67.3 Å². The Morgan fingerprint density at radius 1 is 1.19 bits per heavy atom. The Bertz CT molecular complexity index is 819. The molecule has 0 radical (unpaired) electrons. The molecule has 0 saturated carbocycles. The SMILES string of the molecule is C=CCNC(=O)[C@H]1c2ccccc2C(=O)N(CCOC)[C@H]1c1ccccc1. The highest BCUT2D eigenvalue weighted by molar-refractivity contribution is 6.01. The lowest BCUT2D eigenvalue weighted by Crippen LogP contribution is -2.48. The van der Waals surface area contributed by atoms with Gasteiger partial charge in [-0.2, -0.15) is 0 Å². The predicted molar refractivity (Wildman–Crippen MR) is 104 cm³/mol. The van der Waals surface area contributed by atoms with E-state index in [0.717, 1.165) is 11.1 Å². The first-order valence-electron chi connectivity index (χ1n) is 9.01. The van der Waals surface area contributed by atoms with Crippen LogP contribution in [0.3, 0.4) is 0 Å². The minimum atomic E-state index is -0.502. The molecule has 0 aromatic heterocycles. The number of fused-ring (bicyclic) bond motifs is 1. The molecule has 2 aromatic rings. The van der Waals surface area contributed by atoms with Crippen molar-refractivity contribution in [1.29, 1.82) is 0 Å². The molecule has 0 unspecified atom stereocenters. The van der Waals surface area contributed by atoms with Gasteiger partial charge < -0.3 is 15.0 Å². The third-order valence-corrected chi connectivity index (χ3v) is 4.82. The van der Waals surface area contributed by atoms with E-state index < -0.39 is 12.0 Å². The van der Waals surface area contributed by atoms with Gasteiger partial charge in [-0.05, 0) is 17.2 Å². The third-order valence-electron chi connectivity index (χ3n) is 4.82. The van der Waals surface area contributed by atoms with Crippen molar-refractivity contribution in [1.82, 2.24) is 10.2 Å². The van der Waals surface area contributed by atoms with Gasteiger partial charge in [0, 0.05) is 25.8 Å². The first-order valence-corrected chi connectivity index (χ1v) is 9.01. The summed E-state index contributed by atoms with van der Waals surface area (Å²) in [4.78, 5) is 28.1. The van der Waals surface area contributed by atoms with Gasteiger partial charge in [0.15, 0.2) is 0 Å². The topological polar surface area (TPSA) is 58.6 Å². The van der Waals surface area contributed by atoms with Gasteiger partial charge in [0.25, 0.3) is 5.91 Å². The van der Waals surface area contributed by atoms with Crippen molar-refractivity contribution in [2.75, 3.05) is 26.8 Å². The summed E-state index contributed by atoms with van der Waals surface area (Å²) in [6, 6.07) is 16.6. The number of carbonyl (C=O) groups excluding carboxylic acids is 2. The minimum absolute atomic E-state index is 0.0794. The number of benzene rings is 2.